The van der Waals surface area contributed by atoms with Gasteiger partial charge in [-0.05, 0) is 37.7 Å². The SMILES string of the molecule is CC.CC(Nc1cncc(-n2cnc3cc(C(=O)N4CCN(C)CC4)ccc32)n1)c1ccccc1. The number of nitrogens with zero attached hydrogens (tertiary/aromatic N) is 6. The fourth-order valence-electron chi connectivity index (χ4n) is 4.11. The quantitative estimate of drug-likeness (QED) is 0.465. The van der Waals surface area contributed by atoms with Crippen LogP contribution in [-0.2, 0) is 0 Å². The standard InChI is InChI=1S/C25H27N7O.C2H6/c1-18(19-6-4-3-5-7-19)28-23-15-26-16-24(29-23)32-17-27-21-14-20(8-9-22(21)32)25(33)31-12-10-30(2)11-13-31;1-2/h3-9,14-18H,10-13H2,1-2H3,(H,28,29);1-2H3. The van der Waals surface area contributed by atoms with E-state index in [2.05, 4.69) is 46.3 Å². The molecule has 0 aliphatic carbocycles. The minimum absolute atomic E-state index is 0.0560. The topological polar surface area (TPSA) is 79.2 Å². The summed E-state index contributed by atoms with van der Waals surface area (Å²) >= 11 is 0. The van der Waals surface area contributed by atoms with Gasteiger partial charge in [0.2, 0.25) is 0 Å². The molecule has 1 atom stereocenters. The van der Waals surface area contributed by atoms with Gasteiger partial charge in [0.1, 0.15) is 12.1 Å². The fourth-order valence-corrected chi connectivity index (χ4v) is 4.11. The van der Waals surface area contributed by atoms with E-state index >= 15 is 0 Å². The second-order valence-corrected chi connectivity index (χ2v) is 8.45. The van der Waals surface area contributed by atoms with Crippen molar-refractivity contribution in [1.29, 1.82) is 0 Å². The maximum atomic E-state index is 12.9. The summed E-state index contributed by atoms with van der Waals surface area (Å²) in [7, 11) is 2.08. The first kappa shape index (κ1) is 24.3. The van der Waals surface area contributed by atoms with Crippen LogP contribution in [0.2, 0.25) is 0 Å². The summed E-state index contributed by atoms with van der Waals surface area (Å²) in [5.74, 6) is 1.41. The largest absolute Gasteiger partial charge is 0.362 e. The Morgan fingerprint density at radius 1 is 1.00 bits per heavy atom. The van der Waals surface area contributed by atoms with Gasteiger partial charge in [-0.15, -0.1) is 0 Å². The van der Waals surface area contributed by atoms with Crippen molar-refractivity contribution in [3.8, 4) is 5.82 Å². The number of aromatic nitrogens is 4. The van der Waals surface area contributed by atoms with Gasteiger partial charge in [-0.1, -0.05) is 44.2 Å². The average Bonchev–Trinajstić information content (AvgIpc) is 3.34. The molecule has 0 spiro atoms. The highest BCUT2D eigenvalue weighted by Crippen LogP contribution is 2.22. The van der Waals surface area contributed by atoms with Crippen molar-refractivity contribution in [2.24, 2.45) is 0 Å². The average molecular weight is 472 g/mol. The number of nitrogens with one attached hydrogen (secondary N) is 1. The van der Waals surface area contributed by atoms with Crippen molar-refractivity contribution < 1.29 is 4.79 Å². The van der Waals surface area contributed by atoms with Crippen LogP contribution < -0.4 is 5.32 Å². The molecule has 4 aromatic rings. The Labute approximate surface area is 206 Å². The lowest BCUT2D eigenvalue weighted by Crippen LogP contribution is -2.47. The molecule has 1 aliphatic rings. The molecule has 8 heteroatoms. The zero-order valence-electron chi connectivity index (χ0n) is 20.8. The van der Waals surface area contributed by atoms with Gasteiger partial charge in [-0.3, -0.25) is 14.3 Å². The van der Waals surface area contributed by atoms with Gasteiger partial charge in [-0.2, -0.15) is 0 Å². The van der Waals surface area contributed by atoms with Crippen molar-refractivity contribution >= 4 is 22.8 Å². The summed E-state index contributed by atoms with van der Waals surface area (Å²) in [6.45, 7) is 9.38. The molecule has 2 aromatic heterocycles. The Balaban J connectivity index is 0.00000141. The van der Waals surface area contributed by atoms with E-state index < -0.39 is 0 Å². The number of fused-ring (bicyclic) bond motifs is 1. The number of carbonyl (C=O) groups is 1. The highest BCUT2D eigenvalue weighted by atomic mass is 16.2. The summed E-state index contributed by atoms with van der Waals surface area (Å²) in [5, 5.41) is 3.41. The van der Waals surface area contributed by atoms with Gasteiger partial charge >= 0.3 is 0 Å². The van der Waals surface area contributed by atoms with Crippen molar-refractivity contribution in [3.63, 3.8) is 0 Å². The number of hydrogen-bond donors (Lipinski definition) is 1. The van der Waals surface area contributed by atoms with Gasteiger partial charge < -0.3 is 15.1 Å². The van der Waals surface area contributed by atoms with Crippen LogP contribution in [0.1, 0.15) is 42.7 Å². The van der Waals surface area contributed by atoms with Crippen LogP contribution in [0.15, 0.2) is 67.3 Å². The number of rotatable bonds is 5. The van der Waals surface area contributed by atoms with E-state index in [4.69, 9.17) is 4.98 Å². The molecular weight excluding hydrogens is 438 g/mol. The number of anilines is 1. The van der Waals surface area contributed by atoms with Gasteiger partial charge in [0, 0.05) is 37.8 Å². The number of imidazole rings is 1. The Morgan fingerprint density at radius 3 is 2.49 bits per heavy atom. The molecule has 5 rings (SSSR count). The predicted molar refractivity (Wildman–Crippen MR) is 140 cm³/mol. The maximum Gasteiger partial charge on any atom is 0.254 e. The van der Waals surface area contributed by atoms with Crippen LogP contribution in [-0.4, -0.2) is 68.5 Å². The molecule has 0 bridgehead atoms. The van der Waals surface area contributed by atoms with Gasteiger partial charge in [0.15, 0.2) is 5.82 Å². The molecule has 0 radical (unpaired) electrons. The van der Waals surface area contributed by atoms with Crippen molar-refractivity contribution in [2.75, 3.05) is 38.5 Å². The molecule has 2 aromatic carbocycles. The van der Waals surface area contributed by atoms with Crippen LogP contribution in [0.3, 0.4) is 0 Å². The van der Waals surface area contributed by atoms with Gasteiger partial charge in [-0.25, -0.2) is 9.97 Å². The summed E-state index contributed by atoms with van der Waals surface area (Å²) < 4.78 is 1.89. The lowest BCUT2D eigenvalue weighted by molar-refractivity contribution is 0.0664. The first-order chi connectivity index (χ1) is 17.1. The third-order valence-electron chi connectivity index (χ3n) is 6.12. The third kappa shape index (κ3) is 5.49. The number of amides is 1. The molecule has 35 heavy (non-hydrogen) atoms. The molecule has 3 heterocycles. The monoisotopic (exact) mass is 471 g/mol. The second kappa shape index (κ2) is 11.1. The smallest absolute Gasteiger partial charge is 0.254 e. The van der Waals surface area contributed by atoms with Crippen molar-refractivity contribution in [1.82, 2.24) is 29.3 Å². The number of likely N-dealkylation sites (N-methyl/N-ethyl adjacent to an activating group) is 1. The number of piperazine rings is 1. The van der Waals surface area contributed by atoms with Gasteiger partial charge in [0.25, 0.3) is 5.91 Å². The zero-order valence-corrected chi connectivity index (χ0v) is 20.8. The lowest BCUT2D eigenvalue weighted by Gasteiger charge is -2.32. The molecule has 0 saturated carbocycles. The minimum Gasteiger partial charge on any atom is -0.362 e. The molecule has 182 valence electrons. The molecule has 1 saturated heterocycles. The summed E-state index contributed by atoms with van der Waals surface area (Å²) in [6, 6.07) is 16.0. The molecule has 1 amide bonds. The lowest BCUT2D eigenvalue weighted by atomic mass is 10.1. The molecule has 8 nitrogen and oxygen atoms in total. The van der Waals surface area contributed by atoms with E-state index in [-0.39, 0.29) is 11.9 Å². The Morgan fingerprint density at radius 2 is 1.74 bits per heavy atom. The maximum absolute atomic E-state index is 12.9. The van der Waals surface area contributed by atoms with Crippen molar-refractivity contribution in [2.45, 2.75) is 26.8 Å². The Kier molecular flexibility index (Phi) is 7.72. The number of hydrogen-bond acceptors (Lipinski definition) is 6. The summed E-state index contributed by atoms with van der Waals surface area (Å²) in [6.07, 6.45) is 5.15. The highest BCUT2D eigenvalue weighted by Gasteiger charge is 2.21. The molecule has 1 unspecified atom stereocenters. The van der Waals surface area contributed by atoms with E-state index in [0.717, 1.165) is 37.2 Å². The number of benzene rings is 2. The van der Waals surface area contributed by atoms with Crippen LogP contribution >= 0.6 is 0 Å². The van der Waals surface area contributed by atoms with Crippen LogP contribution in [0.4, 0.5) is 5.82 Å². The normalized spacial score (nSPS) is 14.8. The third-order valence-corrected chi connectivity index (χ3v) is 6.12. The minimum atomic E-state index is 0.0560. The highest BCUT2D eigenvalue weighted by molar-refractivity contribution is 5.97. The molecule has 1 aliphatic heterocycles. The van der Waals surface area contributed by atoms with Crippen LogP contribution in [0.5, 0.6) is 0 Å². The zero-order chi connectivity index (χ0) is 24.8. The van der Waals surface area contributed by atoms with E-state index in [1.54, 1.807) is 18.7 Å². The predicted octanol–water partition coefficient (Wildman–Crippen LogP) is 4.40. The second-order valence-electron chi connectivity index (χ2n) is 8.45. The van der Waals surface area contributed by atoms with E-state index in [1.807, 2.05) is 59.7 Å². The van der Waals surface area contributed by atoms with Crippen LogP contribution in [0.25, 0.3) is 16.9 Å². The molecule has 1 N–H and O–H groups in total. The van der Waals surface area contributed by atoms with Crippen LogP contribution in [0, 0.1) is 0 Å². The van der Waals surface area contributed by atoms with E-state index in [1.165, 1.54) is 5.56 Å². The summed E-state index contributed by atoms with van der Waals surface area (Å²) in [5.41, 5.74) is 3.48. The molecule has 1 fully saturated rings. The first-order valence-corrected chi connectivity index (χ1v) is 12.2. The Bertz CT molecular complexity index is 1260. The first-order valence-electron chi connectivity index (χ1n) is 12.2. The molecular formula is C27H33N7O. The Hall–Kier alpha value is -3.78. The summed E-state index contributed by atoms with van der Waals surface area (Å²) in [4.78, 5) is 30.7. The van der Waals surface area contributed by atoms with E-state index in [0.29, 0.717) is 17.2 Å². The van der Waals surface area contributed by atoms with Crippen molar-refractivity contribution in [3.05, 3.63) is 78.4 Å². The van der Waals surface area contributed by atoms with Gasteiger partial charge in [0.05, 0.1) is 23.4 Å². The fraction of sp³-hybridized carbons (Fsp3) is 0.333. The van der Waals surface area contributed by atoms with E-state index in [9.17, 15) is 4.79 Å². The number of carbonyl (C=O) groups excluding carboxylic acids is 1.